The number of rotatable bonds is 3. The van der Waals surface area contributed by atoms with E-state index in [1.54, 1.807) is 0 Å². The molecule has 1 aromatic rings. The lowest BCUT2D eigenvalue weighted by Gasteiger charge is -1.96. The van der Waals surface area contributed by atoms with E-state index in [1.165, 1.54) is 0 Å². The maximum absolute atomic E-state index is 10.2. The predicted molar refractivity (Wildman–Crippen MR) is 63.4 cm³/mol. The number of primary amides is 1. The predicted octanol–water partition coefficient (Wildman–Crippen LogP) is 1.11. The van der Waals surface area contributed by atoms with Crippen molar-refractivity contribution in [1.82, 2.24) is 0 Å². The van der Waals surface area contributed by atoms with Gasteiger partial charge in [-0.2, -0.15) is 0 Å². The third kappa shape index (κ3) is 5.02. The van der Waals surface area contributed by atoms with Gasteiger partial charge in [0.25, 0.3) is 0 Å². The molecule has 1 aromatic carbocycles. The van der Waals surface area contributed by atoms with Crippen LogP contribution in [0, 0.1) is 0 Å². The Morgan fingerprint density at radius 3 is 2.11 bits per heavy atom. The first-order valence-corrected chi connectivity index (χ1v) is 5.00. The van der Waals surface area contributed by atoms with Crippen LogP contribution in [0.2, 0.25) is 0 Å². The minimum atomic E-state index is -1.39. The van der Waals surface area contributed by atoms with Gasteiger partial charge in [0, 0.05) is 5.57 Å². The number of carbonyl (C=O) groups excluding carboxylic acids is 2. The van der Waals surface area contributed by atoms with Crippen molar-refractivity contribution in [2.24, 2.45) is 5.73 Å². The highest BCUT2D eigenvalue weighted by molar-refractivity contribution is 5.91. The summed E-state index contributed by atoms with van der Waals surface area (Å²) >= 11 is 0. The first-order valence-electron chi connectivity index (χ1n) is 5.00. The Labute approximate surface area is 104 Å². The van der Waals surface area contributed by atoms with Gasteiger partial charge in [-0.05, 0) is 24.6 Å². The van der Waals surface area contributed by atoms with Crippen molar-refractivity contribution in [3.8, 4) is 11.5 Å². The molecule has 97 valence electrons. The molecule has 0 atom stereocenters. The van der Waals surface area contributed by atoms with Gasteiger partial charge in [-0.1, -0.05) is 13.5 Å². The number of nitrogens with two attached hydrogens (primary N) is 1. The molecule has 0 saturated heterocycles. The van der Waals surface area contributed by atoms with Crippen molar-refractivity contribution >= 4 is 11.9 Å². The Morgan fingerprint density at radius 2 is 1.83 bits per heavy atom. The van der Waals surface area contributed by atoms with Crippen molar-refractivity contribution < 1.29 is 24.9 Å². The average molecular weight is 252 g/mol. The van der Waals surface area contributed by atoms with Gasteiger partial charge in [-0.25, -0.2) is 9.90 Å². The molecule has 6 nitrogen and oxygen atoms in total. The van der Waals surface area contributed by atoms with Gasteiger partial charge >= 0.3 is 5.97 Å². The van der Waals surface area contributed by atoms with Gasteiger partial charge in [-0.3, -0.25) is 4.79 Å². The second kappa shape index (κ2) is 6.95. The van der Waals surface area contributed by atoms with Crippen molar-refractivity contribution in [2.75, 3.05) is 0 Å². The summed E-state index contributed by atoms with van der Waals surface area (Å²) in [4.78, 5) is 20.2. The largest absolute Gasteiger partial charge is 0.504 e. The minimum absolute atomic E-state index is 0.166. The first-order chi connectivity index (χ1) is 8.29. The molecular formula is C12H14NO5. The molecule has 0 unspecified atom stereocenters. The summed E-state index contributed by atoms with van der Waals surface area (Å²) in [6.07, 6.45) is 0.648. The van der Waals surface area contributed by atoms with E-state index in [2.05, 4.69) is 6.58 Å². The summed E-state index contributed by atoms with van der Waals surface area (Å²) in [6, 6.07) is 3.15. The Morgan fingerprint density at radius 1 is 1.28 bits per heavy atom. The van der Waals surface area contributed by atoms with E-state index in [4.69, 9.17) is 15.9 Å². The number of amides is 1. The lowest BCUT2D eigenvalue weighted by atomic mass is 10.2. The van der Waals surface area contributed by atoms with Crippen molar-refractivity contribution in [3.63, 3.8) is 0 Å². The lowest BCUT2D eigenvalue weighted by molar-refractivity contribution is -0.114. The van der Waals surface area contributed by atoms with Crippen LogP contribution in [0.1, 0.15) is 23.7 Å². The zero-order valence-electron chi connectivity index (χ0n) is 9.84. The quantitative estimate of drug-likeness (QED) is 0.551. The van der Waals surface area contributed by atoms with Gasteiger partial charge in [-0.15, -0.1) is 0 Å². The summed E-state index contributed by atoms with van der Waals surface area (Å²) in [7, 11) is 0. The van der Waals surface area contributed by atoms with E-state index < -0.39 is 17.6 Å². The third-order valence-electron chi connectivity index (χ3n) is 1.99. The molecule has 0 spiro atoms. The zero-order chi connectivity index (χ0) is 14.3. The second-order valence-electron chi connectivity index (χ2n) is 3.31. The molecule has 0 saturated carbocycles. The molecule has 1 radical (unpaired) electrons. The molecular weight excluding hydrogens is 238 g/mol. The van der Waals surface area contributed by atoms with Crippen LogP contribution in [0.3, 0.4) is 0 Å². The smallest absolute Gasteiger partial charge is 0.386 e. The normalized spacial score (nSPS) is 8.94. The molecule has 0 aliphatic carbocycles. The van der Waals surface area contributed by atoms with Gasteiger partial charge in [0.1, 0.15) is 0 Å². The lowest BCUT2D eigenvalue weighted by Crippen LogP contribution is -2.11. The maximum atomic E-state index is 10.2. The topological polar surface area (TPSA) is 121 Å². The van der Waals surface area contributed by atoms with Crippen LogP contribution in [0.25, 0.3) is 0 Å². The monoisotopic (exact) mass is 252 g/mol. The molecule has 1 rings (SSSR count). The molecule has 0 heterocycles. The molecule has 0 aliphatic rings. The molecule has 6 heteroatoms. The average Bonchev–Trinajstić information content (AvgIpc) is 2.32. The van der Waals surface area contributed by atoms with E-state index in [0.717, 1.165) is 18.2 Å². The fourth-order valence-electron chi connectivity index (χ4n) is 0.825. The minimum Gasteiger partial charge on any atom is -0.504 e. The van der Waals surface area contributed by atoms with Crippen LogP contribution in [-0.2, 0) is 9.90 Å². The van der Waals surface area contributed by atoms with Crippen LogP contribution in [-0.4, -0.2) is 22.1 Å². The highest BCUT2D eigenvalue weighted by atomic mass is 16.4. The Hall–Kier alpha value is -2.50. The summed E-state index contributed by atoms with van der Waals surface area (Å²) in [5.74, 6) is -2.61. The number of aromatic hydroxyl groups is 2. The first kappa shape index (κ1) is 15.5. The van der Waals surface area contributed by atoms with Crippen LogP contribution in [0.4, 0.5) is 0 Å². The SMILES string of the molecule is C=C(CC)C(N)=O.[O]C(=O)c1ccc(O)c(O)c1. The van der Waals surface area contributed by atoms with Crippen LogP contribution in [0.5, 0.6) is 11.5 Å². The maximum Gasteiger partial charge on any atom is 0.386 e. The molecule has 0 aliphatic heterocycles. The highest BCUT2D eigenvalue weighted by Crippen LogP contribution is 2.24. The van der Waals surface area contributed by atoms with Crippen molar-refractivity contribution in [3.05, 3.63) is 35.9 Å². The second-order valence-corrected chi connectivity index (χ2v) is 3.31. The number of benzene rings is 1. The van der Waals surface area contributed by atoms with Crippen LogP contribution < -0.4 is 5.73 Å². The standard InChI is InChI=1S/C7H5O4.C5H9NO/c8-5-2-1-4(7(10)11)3-6(5)9;1-3-4(2)5(6)7/h1-3,8-9H;2-3H2,1H3,(H2,6,7). The van der Waals surface area contributed by atoms with Crippen LogP contribution in [0.15, 0.2) is 30.4 Å². The molecule has 18 heavy (non-hydrogen) atoms. The van der Waals surface area contributed by atoms with Gasteiger partial charge in [0.05, 0.1) is 5.56 Å². The number of phenolic OH excluding ortho intramolecular Hbond substituents is 2. The van der Waals surface area contributed by atoms with Gasteiger partial charge in [0.15, 0.2) is 11.5 Å². The Balaban J connectivity index is 0.000000360. The number of hydrogen-bond donors (Lipinski definition) is 3. The van der Waals surface area contributed by atoms with E-state index in [-0.39, 0.29) is 11.3 Å². The Kier molecular flexibility index (Phi) is 5.98. The summed E-state index contributed by atoms with van der Waals surface area (Å²) in [5.41, 5.74) is 5.13. The number of phenols is 2. The van der Waals surface area contributed by atoms with Crippen molar-refractivity contribution in [1.29, 1.82) is 0 Å². The fraction of sp³-hybridized carbons (Fsp3) is 0.167. The molecule has 0 aromatic heterocycles. The van der Waals surface area contributed by atoms with E-state index >= 15 is 0 Å². The molecule has 4 N–H and O–H groups in total. The highest BCUT2D eigenvalue weighted by Gasteiger charge is 2.07. The Bertz CT molecular complexity index is 468. The summed E-state index contributed by atoms with van der Waals surface area (Å²) in [5, 5.41) is 27.7. The molecule has 0 fully saturated rings. The molecule has 1 amide bonds. The van der Waals surface area contributed by atoms with E-state index in [0.29, 0.717) is 12.0 Å². The zero-order valence-corrected chi connectivity index (χ0v) is 9.84. The van der Waals surface area contributed by atoms with Crippen LogP contribution >= 0.6 is 0 Å². The van der Waals surface area contributed by atoms with Gasteiger partial charge < -0.3 is 15.9 Å². The van der Waals surface area contributed by atoms with Crippen molar-refractivity contribution in [2.45, 2.75) is 13.3 Å². The number of hydrogen-bond acceptors (Lipinski definition) is 4. The summed E-state index contributed by atoms with van der Waals surface area (Å²) < 4.78 is 0. The molecule has 0 bridgehead atoms. The van der Waals surface area contributed by atoms with Gasteiger partial charge in [0.2, 0.25) is 5.91 Å². The fourth-order valence-corrected chi connectivity index (χ4v) is 0.825. The third-order valence-corrected chi connectivity index (χ3v) is 1.99. The summed E-state index contributed by atoms with van der Waals surface area (Å²) in [6.45, 7) is 5.24. The van der Waals surface area contributed by atoms with E-state index in [9.17, 15) is 14.7 Å². The van der Waals surface area contributed by atoms with E-state index in [1.807, 2.05) is 6.92 Å². The number of carbonyl (C=O) groups is 2.